The first kappa shape index (κ1) is 16.3. The Kier molecular flexibility index (Phi) is 6.36. The summed E-state index contributed by atoms with van der Waals surface area (Å²) in [6.45, 7) is 9.14. The van der Waals surface area contributed by atoms with Crippen LogP contribution in [0.2, 0.25) is 0 Å². The van der Waals surface area contributed by atoms with Crippen LogP contribution in [0.4, 0.5) is 10.5 Å². The molecule has 0 aliphatic heterocycles. The number of amides is 1. The topological polar surface area (TPSA) is 50.4 Å². The van der Waals surface area contributed by atoms with Crippen LogP contribution in [0.5, 0.6) is 0 Å². The van der Waals surface area contributed by atoms with Crippen molar-refractivity contribution in [3.63, 3.8) is 0 Å². The summed E-state index contributed by atoms with van der Waals surface area (Å²) in [6.07, 6.45) is 1.55. The van der Waals surface area contributed by atoms with Crippen molar-refractivity contribution in [1.29, 1.82) is 0 Å². The molecule has 20 heavy (non-hydrogen) atoms. The zero-order valence-corrected chi connectivity index (χ0v) is 13.0. The Bertz CT molecular complexity index is 407. The molecule has 0 atom stereocenters. The Hall–Kier alpha value is -1.71. The molecule has 0 spiro atoms. The summed E-state index contributed by atoms with van der Waals surface area (Å²) >= 11 is 0. The number of alkyl carbamates (subject to hydrolysis) is 1. The molecule has 0 bridgehead atoms. The molecule has 0 fully saturated rings. The minimum atomic E-state index is -0.441. The smallest absolute Gasteiger partial charge is 0.407 e. The van der Waals surface area contributed by atoms with E-state index in [-0.39, 0.29) is 6.09 Å². The third-order valence-electron chi connectivity index (χ3n) is 2.71. The van der Waals surface area contributed by atoms with Crippen LogP contribution < -0.4 is 10.6 Å². The highest BCUT2D eigenvalue weighted by molar-refractivity contribution is 5.67. The van der Waals surface area contributed by atoms with Gasteiger partial charge in [-0.3, -0.25) is 0 Å². The zero-order chi connectivity index (χ0) is 15.0. The molecular formula is C16H26N2O2. The number of anilines is 1. The standard InChI is InChI=1S/C16H26N2O2/c1-5-13-7-9-14(10-8-13)17-11-6-12-18-15(19)20-16(2,3)4/h7-10,17H,5-6,11-12H2,1-4H3,(H,18,19). The van der Waals surface area contributed by atoms with Gasteiger partial charge in [0.1, 0.15) is 5.60 Å². The average molecular weight is 278 g/mol. The van der Waals surface area contributed by atoms with Gasteiger partial charge in [0.25, 0.3) is 0 Å². The third kappa shape index (κ3) is 7.02. The van der Waals surface area contributed by atoms with Crippen molar-refractivity contribution < 1.29 is 9.53 Å². The highest BCUT2D eigenvalue weighted by Gasteiger charge is 2.15. The maximum atomic E-state index is 11.4. The van der Waals surface area contributed by atoms with Gasteiger partial charge in [-0.1, -0.05) is 19.1 Å². The first-order valence-electron chi connectivity index (χ1n) is 7.20. The molecule has 1 rings (SSSR count). The van der Waals surface area contributed by atoms with Gasteiger partial charge in [0.2, 0.25) is 0 Å². The fraction of sp³-hybridized carbons (Fsp3) is 0.562. The number of nitrogens with one attached hydrogen (secondary N) is 2. The predicted molar refractivity (Wildman–Crippen MR) is 83.2 cm³/mol. The second-order valence-corrected chi connectivity index (χ2v) is 5.76. The normalized spacial score (nSPS) is 11.0. The number of aryl methyl sites for hydroxylation is 1. The second kappa shape index (κ2) is 7.78. The van der Waals surface area contributed by atoms with Gasteiger partial charge in [-0.05, 0) is 51.3 Å². The molecule has 0 saturated heterocycles. The number of benzene rings is 1. The molecule has 0 saturated carbocycles. The van der Waals surface area contributed by atoms with Crippen molar-refractivity contribution in [1.82, 2.24) is 5.32 Å². The lowest BCUT2D eigenvalue weighted by Crippen LogP contribution is -2.33. The summed E-state index contributed by atoms with van der Waals surface area (Å²) in [7, 11) is 0. The maximum Gasteiger partial charge on any atom is 0.407 e. The number of hydrogen-bond acceptors (Lipinski definition) is 3. The van der Waals surface area contributed by atoms with Gasteiger partial charge in [-0.2, -0.15) is 0 Å². The van der Waals surface area contributed by atoms with Gasteiger partial charge in [0, 0.05) is 18.8 Å². The minimum absolute atomic E-state index is 0.357. The minimum Gasteiger partial charge on any atom is -0.444 e. The first-order valence-corrected chi connectivity index (χ1v) is 7.20. The molecule has 4 heteroatoms. The van der Waals surface area contributed by atoms with Crippen molar-refractivity contribution in [3.05, 3.63) is 29.8 Å². The Morgan fingerprint density at radius 3 is 2.35 bits per heavy atom. The van der Waals surface area contributed by atoms with E-state index in [1.165, 1.54) is 5.56 Å². The Morgan fingerprint density at radius 2 is 1.80 bits per heavy atom. The number of carbonyl (C=O) groups is 1. The van der Waals surface area contributed by atoms with Gasteiger partial charge in [-0.15, -0.1) is 0 Å². The fourth-order valence-electron chi connectivity index (χ4n) is 1.68. The van der Waals surface area contributed by atoms with Crippen molar-refractivity contribution >= 4 is 11.8 Å². The molecule has 0 aromatic heterocycles. The van der Waals surface area contributed by atoms with Crippen LogP contribution in [0.25, 0.3) is 0 Å². The van der Waals surface area contributed by atoms with Crippen molar-refractivity contribution in [2.24, 2.45) is 0 Å². The molecule has 1 aromatic carbocycles. The van der Waals surface area contributed by atoms with Crippen LogP contribution in [0, 0.1) is 0 Å². The van der Waals surface area contributed by atoms with Gasteiger partial charge in [0.05, 0.1) is 0 Å². The van der Waals surface area contributed by atoms with Crippen LogP contribution in [0.15, 0.2) is 24.3 Å². The number of carbonyl (C=O) groups excluding carboxylic acids is 1. The van der Waals surface area contributed by atoms with E-state index in [2.05, 4.69) is 41.8 Å². The Labute approximate surface area is 121 Å². The molecule has 2 N–H and O–H groups in total. The van der Waals surface area contributed by atoms with E-state index in [0.29, 0.717) is 6.54 Å². The van der Waals surface area contributed by atoms with E-state index in [1.807, 2.05) is 20.8 Å². The highest BCUT2D eigenvalue weighted by atomic mass is 16.6. The largest absolute Gasteiger partial charge is 0.444 e. The quantitative estimate of drug-likeness (QED) is 0.782. The summed E-state index contributed by atoms with van der Waals surface area (Å²) in [5.41, 5.74) is 2.00. The molecule has 0 aliphatic rings. The van der Waals surface area contributed by atoms with Crippen LogP contribution in [-0.4, -0.2) is 24.8 Å². The molecule has 0 aliphatic carbocycles. The van der Waals surface area contributed by atoms with Gasteiger partial charge >= 0.3 is 6.09 Å². The van der Waals surface area contributed by atoms with Gasteiger partial charge < -0.3 is 15.4 Å². The number of ether oxygens (including phenoxy) is 1. The summed E-state index contributed by atoms with van der Waals surface area (Å²) in [4.78, 5) is 11.4. The maximum absolute atomic E-state index is 11.4. The summed E-state index contributed by atoms with van der Waals surface area (Å²) in [6, 6.07) is 8.42. The highest BCUT2D eigenvalue weighted by Crippen LogP contribution is 2.09. The average Bonchev–Trinajstić information content (AvgIpc) is 2.37. The van der Waals surface area contributed by atoms with Gasteiger partial charge in [-0.25, -0.2) is 4.79 Å². The summed E-state index contributed by atoms with van der Waals surface area (Å²) in [5, 5.41) is 6.07. The summed E-state index contributed by atoms with van der Waals surface area (Å²) < 4.78 is 5.16. The Balaban J connectivity index is 2.14. The molecule has 0 heterocycles. The van der Waals surface area contributed by atoms with Crippen LogP contribution in [0.1, 0.15) is 39.7 Å². The summed E-state index contributed by atoms with van der Waals surface area (Å²) in [5.74, 6) is 0. The van der Waals surface area contributed by atoms with E-state index in [1.54, 1.807) is 0 Å². The van der Waals surface area contributed by atoms with E-state index < -0.39 is 5.60 Å². The van der Waals surface area contributed by atoms with Crippen molar-refractivity contribution in [2.75, 3.05) is 18.4 Å². The zero-order valence-electron chi connectivity index (χ0n) is 13.0. The van der Waals surface area contributed by atoms with Crippen LogP contribution >= 0.6 is 0 Å². The first-order chi connectivity index (χ1) is 9.40. The second-order valence-electron chi connectivity index (χ2n) is 5.76. The number of hydrogen-bond donors (Lipinski definition) is 2. The van der Waals surface area contributed by atoms with Crippen LogP contribution in [0.3, 0.4) is 0 Å². The predicted octanol–water partition coefficient (Wildman–Crippen LogP) is 3.58. The molecule has 1 amide bonds. The molecule has 112 valence electrons. The van der Waals surface area contributed by atoms with Crippen molar-refractivity contribution in [2.45, 2.75) is 46.1 Å². The van der Waals surface area contributed by atoms with E-state index in [9.17, 15) is 4.79 Å². The van der Waals surface area contributed by atoms with E-state index in [0.717, 1.165) is 25.1 Å². The van der Waals surface area contributed by atoms with Crippen LogP contribution in [-0.2, 0) is 11.2 Å². The Morgan fingerprint density at radius 1 is 1.15 bits per heavy atom. The van der Waals surface area contributed by atoms with Crippen molar-refractivity contribution in [3.8, 4) is 0 Å². The molecule has 0 radical (unpaired) electrons. The number of rotatable bonds is 6. The SMILES string of the molecule is CCc1ccc(NCCCNC(=O)OC(C)(C)C)cc1. The lowest BCUT2D eigenvalue weighted by Gasteiger charge is -2.19. The van der Waals surface area contributed by atoms with E-state index >= 15 is 0 Å². The molecule has 1 aromatic rings. The monoisotopic (exact) mass is 278 g/mol. The molecule has 0 unspecified atom stereocenters. The lowest BCUT2D eigenvalue weighted by molar-refractivity contribution is 0.0528. The fourth-order valence-corrected chi connectivity index (χ4v) is 1.68. The molecule has 4 nitrogen and oxygen atoms in total. The lowest BCUT2D eigenvalue weighted by atomic mass is 10.1. The van der Waals surface area contributed by atoms with Gasteiger partial charge in [0.15, 0.2) is 0 Å². The molecular weight excluding hydrogens is 252 g/mol. The third-order valence-corrected chi connectivity index (χ3v) is 2.71. The van der Waals surface area contributed by atoms with E-state index in [4.69, 9.17) is 4.74 Å².